The van der Waals surface area contributed by atoms with Crippen molar-refractivity contribution in [2.75, 3.05) is 38.2 Å². The van der Waals surface area contributed by atoms with Gasteiger partial charge in [0.2, 0.25) is 0 Å². The summed E-state index contributed by atoms with van der Waals surface area (Å²) in [6.07, 6.45) is 3.20. The minimum Gasteiger partial charge on any atom is -0.497 e. The third-order valence-corrected chi connectivity index (χ3v) is 3.73. The number of hydrogen-bond acceptors (Lipinski definition) is 4. The highest BCUT2D eigenvalue weighted by Crippen LogP contribution is 2.22. The fraction of sp³-hybridized carbons (Fsp3) is 0.333. The fourth-order valence-electron chi connectivity index (χ4n) is 2.53. The molecule has 1 aliphatic rings. The number of aromatic amines is 1. The molecule has 1 aromatic heterocycles. The zero-order valence-electron chi connectivity index (χ0n) is 12.0. The molecule has 1 aliphatic heterocycles. The topological polar surface area (TPSA) is 61.5 Å². The fourth-order valence-corrected chi connectivity index (χ4v) is 2.53. The van der Waals surface area contributed by atoms with E-state index < -0.39 is 0 Å². The molecule has 2 aromatic rings. The number of nitrogens with zero attached hydrogens (tertiary/aromatic N) is 3. The van der Waals surface area contributed by atoms with E-state index in [2.05, 4.69) is 21.2 Å². The van der Waals surface area contributed by atoms with Crippen LogP contribution in [0.15, 0.2) is 36.7 Å². The van der Waals surface area contributed by atoms with Gasteiger partial charge in [-0.2, -0.15) is 5.10 Å². The van der Waals surface area contributed by atoms with E-state index in [0.717, 1.165) is 24.5 Å². The molecular formula is C15H18N4O2. The van der Waals surface area contributed by atoms with Crippen molar-refractivity contribution in [2.45, 2.75) is 0 Å². The molecule has 0 bridgehead atoms. The van der Waals surface area contributed by atoms with Gasteiger partial charge in [-0.25, -0.2) is 0 Å². The normalized spacial score (nSPS) is 15.1. The lowest BCUT2D eigenvalue weighted by atomic mass is 10.2. The van der Waals surface area contributed by atoms with Crippen molar-refractivity contribution in [2.24, 2.45) is 0 Å². The summed E-state index contributed by atoms with van der Waals surface area (Å²) in [7, 11) is 1.67. The molecule has 0 atom stereocenters. The molecule has 0 unspecified atom stereocenters. The number of methoxy groups -OCH3 is 1. The smallest absolute Gasteiger partial charge is 0.257 e. The van der Waals surface area contributed by atoms with Gasteiger partial charge in [0.1, 0.15) is 5.75 Å². The SMILES string of the molecule is COc1cccc(N2CCN(C(=O)c3cn[nH]c3)CC2)c1. The van der Waals surface area contributed by atoms with Gasteiger partial charge >= 0.3 is 0 Å². The molecule has 6 nitrogen and oxygen atoms in total. The first kappa shape index (κ1) is 13.5. The molecule has 21 heavy (non-hydrogen) atoms. The van der Waals surface area contributed by atoms with Crippen molar-refractivity contribution in [3.63, 3.8) is 0 Å². The Morgan fingerprint density at radius 1 is 1.29 bits per heavy atom. The van der Waals surface area contributed by atoms with Crippen LogP contribution < -0.4 is 9.64 Å². The molecule has 1 N–H and O–H groups in total. The van der Waals surface area contributed by atoms with E-state index in [-0.39, 0.29) is 5.91 Å². The summed E-state index contributed by atoms with van der Waals surface area (Å²) >= 11 is 0. The largest absolute Gasteiger partial charge is 0.497 e. The number of aromatic nitrogens is 2. The van der Waals surface area contributed by atoms with E-state index in [1.54, 1.807) is 19.5 Å². The predicted octanol–water partition coefficient (Wildman–Crippen LogP) is 1.38. The first-order valence-electron chi connectivity index (χ1n) is 6.95. The molecule has 0 spiro atoms. The van der Waals surface area contributed by atoms with E-state index in [1.807, 2.05) is 23.1 Å². The van der Waals surface area contributed by atoms with Crippen LogP contribution in [0.25, 0.3) is 0 Å². The molecule has 110 valence electrons. The van der Waals surface area contributed by atoms with Crippen molar-refractivity contribution >= 4 is 11.6 Å². The van der Waals surface area contributed by atoms with Crippen LogP contribution in [0.4, 0.5) is 5.69 Å². The van der Waals surface area contributed by atoms with Crippen molar-refractivity contribution < 1.29 is 9.53 Å². The van der Waals surface area contributed by atoms with Crippen molar-refractivity contribution in [3.8, 4) is 5.75 Å². The standard InChI is InChI=1S/C15H18N4O2/c1-21-14-4-2-3-13(9-14)18-5-7-19(8-6-18)15(20)12-10-16-17-11-12/h2-4,9-11H,5-8H2,1H3,(H,16,17). The number of amides is 1. The maximum absolute atomic E-state index is 12.2. The molecule has 0 radical (unpaired) electrons. The molecular weight excluding hydrogens is 268 g/mol. The number of benzene rings is 1. The number of hydrogen-bond donors (Lipinski definition) is 1. The molecule has 1 aromatic carbocycles. The third kappa shape index (κ3) is 2.84. The molecule has 0 saturated carbocycles. The van der Waals surface area contributed by atoms with E-state index >= 15 is 0 Å². The minimum absolute atomic E-state index is 0.0362. The first-order chi connectivity index (χ1) is 10.3. The Hall–Kier alpha value is -2.50. The Morgan fingerprint density at radius 3 is 2.76 bits per heavy atom. The Labute approximate surface area is 123 Å². The lowest BCUT2D eigenvalue weighted by Gasteiger charge is -2.36. The van der Waals surface area contributed by atoms with Crippen LogP contribution in [-0.4, -0.2) is 54.3 Å². The molecule has 1 saturated heterocycles. The second kappa shape index (κ2) is 5.87. The Morgan fingerprint density at radius 2 is 2.10 bits per heavy atom. The summed E-state index contributed by atoms with van der Waals surface area (Å²) in [6, 6.07) is 8.00. The van der Waals surface area contributed by atoms with Crippen LogP contribution in [0.3, 0.4) is 0 Å². The second-order valence-corrected chi connectivity index (χ2v) is 4.97. The van der Waals surface area contributed by atoms with Gasteiger partial charge < -0.3 is 14.5 Å². The number of rotatable bonds is 3. The number of nitrogens with one attached hydrogen (secondary N) is 1. The third-order valence-electron chi connectivity index (χ3n) is 3.73. The molecule has 3 rings (SSSR count). The maximum Gasteiger partial charge on any atom is 0.257 e. The van der Waals surface area contributed by atoms with Crippen molar-refractivity contribution in [1.29, 1.82) is 0 Å². The maximum atomic E-state index is 12.2. The quantitative estimate of drug-likeness (QED) is 0.926. The van der Waals surface area contributed by atoms with Crippen LogP contribution >= 0.6 is 0 Å². The zero-order chi connectivity index (χ0) is 14.7. The Balaban J connectivity index is 1.63. The number of ether oxygens (including phenoxy) is 1. The molecule has 1 amide bonds. The second-order valence-electron chi connectivity index (χ2n) is 4.97. The van der Waals surface area contributed by atoms with E-state index in [9.17, 15) is 4.79 Å². The molecule has 2 heterocycles. The Kier molecular flexibility index (Phi) is 3.77. The van der Waals surface area contributed by atoms with Crippen LogP contribution in [-0.2, 0) is 0 Å². The van der Waals surface area contributed by atoms with Crippen molar-refractivity contribution in [3.05, 3.63) is 42.2 Å². The van der Waals surface area contributed by atoms with Gasteiger partial charge in [0.05, 0.1) is 18.9 Å². The number of carbonyl (C=O) groups is 1. The van der Waals surface area contributed by atoms with Crippen LogP contribution in [0, 0.1) is 0 Å². The molecule has 0 aliphatic carbocycles. The Bertz CT molecular complexity index is 604. The predicted molar refractivity (Wildman–Crippen MR) is 79.7 cm³/mol. The highest BCUT2D eigenvalue weighted by atomic mass is 16.5. The molecule has 1 fully saturated rings. The van der Waals surface area contributed by atoms with Gasteiger partial charge in [-0.15, -0.1) is 0 Å². The van der Waals surface area contributed by atoms with Gasteiger partial charge in [0.25, 0.3) is 5.91 Å². The average Bonchev–Trinajstić information content (AvgIpc) is 3.09. The minimum atomic E-state index is 0.0362. The lowest BCUT2D eigenvalue weighted by Crippen LogP contribution is -2.48. The van der Waals surface area contributed by atoms with E-state index in [0.29, 0.717) is 18.7 Å². The lowest BCUT2D eigenvalue weighted by molar-refractivity contribution is 0.0747. The van der Waals surface area contributed by atoms with Gasteiger partial charge in [-0.3, -0.25) is 9.89 Å². The monoisotopic (exact) mass is 286 g/mol. The highest BCUT2D eigenvalue weighted by Gasteiger charge is 2.22. The molecule has 6 heteroatoms. The summed E-state index contributed by atoms with van der Waals surface area (Å²) < 4.78 is 5.25. The zero-order valence-corrected chi connectivity index (χ0v) is 12.0. The van der Waals surface area contributed by atoms with E-state index in [1.165, 1.54) is 0 Å². The van der Waals surface area contributed by atoms with Crippen molar-refractivity contribution in [1.82, 2.24) is 15.1 Å². The summed E-state index contributed by atoms with van der Waals surface area (Å²) in [5.41, 5.74) is 1.74. The summed E-state index contributed by atoms with van der Waals surface area (Å²) in [5, 5.41) is 6.50. The van der Waals surface area contributed by atoms with Crippen LogP contribution in [0.5, 0.6) is 5.75 Å². The average molecular weight is 286 g/mol. The van der Waals surface area contributed by atoms with Gasteiger partial charge in [-0.05, 0) is 12.1 Å². The van der Waals surface area contributed by atoms with Crippen LogP contribution in [0.2, 0.25) is 0 Å². The number of anilines is 1. The van der Waals surface area contributed by atoms with Crippen LogP contribution in [0.1, 0.15) is 10.4 Å². The highest BCUT2D eigenvalue weighted by molar-refractivity contribution is 5.93. The van der Waals surface area contributed by atoms with Gasteiger partial charge in [0, 0.05) is 44.1 Å². The number of H-pyrrole nitrogens is 1. The number of piperazine rings is 1. The summed E-state index contributed by atoms with van der Waals surface area (Å²) in [4.78, 5) is 16.4. The van der Waals surface area contributed by atoms with Gasteiger partial charge in [0.15, 0.2) is 0 Å². The summed E-state index contributed by atoms with van der Waals surface area (Å²) in [6.45, 7) is 3.05. The first-order valence-corrected chi connectivity index (χ1v) is 6.95. The number of carbonyl (C=O) groups excluding carboxylic acids is 1. The van der Waals surface area contributed by atoms with E-state index in [4.69, 9.17) is 4.74 Å². The summed E-state index contributed by atoms with van der Waals surface area (Å²) in [5.74, 6) is 0.887. The van der Waals surface area contributed by atoms with Gasteiger partial charge in [-0.1, -0.05) is 6.07 Å².